The molecule has 2 aromatic carbocycles. The first kappa shape index (κ1) is 16.6. The van der Waals surface area contributed by atoms with Gasteiger partial charge in [-0.2, -0.15) is 0 Å². The highest BCUT2D eigenvalue weighted by Gasteiger charge is 2.19. The van der Waals surface area contributed by atoms with E-state index in [4.69, 9.17) is 10.2 Å². The number of anilines is 1. The highest BCUT2D eigenvalue weighted by atomic mass is 16.3. The van der Waals surface area contributed by atoms with Crippen molar-refractivity contribution in [3.8, 4) is 0 Å². The zero-order valence-electron chi connectivity index (χ0n) is 14.0. The van der Waals surface area contributed by atoms with Gasteiger partial charge in [-0.05, 0) is 37.6 Å². The van der Waals surface area contributed by atoms with Crippen molar-refractivity contribution in [2.45, 2.75) is 19.9 Å². The summed E-state index contributed by atoms with van der Waals surface area (Å²) in [5, 5.41) is 6.36. The number of benzene rings is 2. The van der Waals surface area contributed by atoms with Crippen molar-refractivity contribution in [2.75, 3.05) is 5.32 Å². The first-order valence-electron chi connectivity index (χ1n) is 7.91. The van der Waals surface area contributed by atoms with Gasteiger partial charge in [-0.3, -0.25) is 4.79 Å². The molecule has 0 radical (unpaired) electrons. The summed E-state index contributed by atoms with van der Waals surface area (Å²) in [6.45, 7) is 3.75. The predicted molar refractivity (Wildman–Crippen MR) is 96.5 cm³/mol. The number of fused-ring (bicyclic) bond motifs is 1. The lowest BCUT2D eigenvalue weighted by Crippen LogP contribution is -2.26. The highest BCUT2D eigenvalue weighted by molar-refractivity contribution is 5.99. The minimum atomic E-state index is -0.616. The lowest BCUT2D eigenvalue weighted by molar-refractivity contribution is 0.0913. The van der Waals surface area contributed by atoms with Crippen LogP contribution in [0.15, 0.2) is 52.9 Å². The molecular formula is C19H19N3O3. The second-order valence-corrected chi connectivity index (χ2v) is 5.86. The van der Waals surface area contributed by atoms with E-state index in [1.807, 2.05) is 50.2 Å². The summed E-state index contributed by atoms with van der Waals surface area (Å²) in [6, 6.07) is 13.8. The fraction of sp³-hybridized carbons (Fsp3) is 0.158. The van der Waals surface area contributed by atoms with Crippen LogP contribution in [-0.4, -0.2) is 11.9 Å². The lowest BCUT2D eigenvalue weighted by atomic mass is 10.1. The van der Waals surface area contributed by atoms with Crippen LogP contribution in [0.1, 0.15) is 34.6 Å². The topological polar surface area (TPSA) is 97.4 Å². The van der Waals surface area contributed by atoms with E-state index in [-0.39, 0.29) is 11.9 Å². The third-order valence-corrected chi connectivity index (χ3v) is 4.08. The Labute approximate surface area is 145 Å². The van der Waals surface area contributed by atoms with Crippen LogP contribution in [0.2, 0.25) is 0 Å². The summed E-state index contributed by atoms with van der Waals surface area (Å²) in [5.74, 6) is 0.0561. The molecule has 0 spiro atoms. The molecule has 1 heterocycles. The van der Waals surface area contributed by atoms with Gasteiger partial charge in [0.25, 0.3) is 5.91 Å². The van der Waals surface area contributed by atoms with Crippen LogP contribution in [-0.2, 0) is 0 Å². The monoisotopic (exact) mass is 337 g/mol. The van der Waals surface area contributed by atoms with Crippen molar-refractivity contribution in [2.24, 2.45) is 5.73 Å². The van der Waals surface area contributed by atoms with Crippen LogP contribution in [0.3, 0.4) is 0 Å². The van der Waals surface area contributed by atoms with Crippen LogP contribution in [0, 0.1) is 6.92 Å². The van der Waals surface area contributed by atoms with Gasteiger partial charge in [-0.15, -0.1) is 0 Å². The quantitative estimate of drug-likeness (QED) is 0.676. The molecule has 128 valence electrons. The summed E-state index contributed by atoms with van der Waals surface area (Å²) in [4.78, 5) is 23.4. The third kappa shape index (κ3) is 3.47. The average Bonchev–Trinajstić information content (AvgIpc) is 2.92. The van der Waals surface area contributed by atoms with E-state index in [9.17, 15) is 9.59 Å². The number of urea groups is 1. The fourth-order valence-electron chi connectivity index (χ4n) is 2.73. The maximum atomic E-state index is 12.6. The summed E-state index contributed by atoms with van der Waals surface area (Å²) in [5.41, 5.74) is 8.10. The van der Waals surface area contributed by atoms with Crippen molar-refractivity contribution in [3.63, 3.8) is 0 Å². The van der Waals surface area contributed by atoms with Gasteiger partial charge < -0.3 is 20.8 Å². The number of hydrogen-bond acceptors (Lipinski definition) is 3. The predicted octanol–water partition coefficient (Wildman–Crippen LogP) is 3.72. The van der Waals surface area contributed by atoms with Gasteiger partial charge in [0.2, 0.25) is 0 Å². The lowest BCUT2D eigenvalue weighted by Gasteiger charge is -2.14. The van der Waals surface area contributed by atoms with E-state index in [2.05, 4.69) is 10.6 Å². The number of carbonyl (C=O) groups excluding carboxylic acids is 2. The second-order valence-electron chi connectivity index (χ2n) is 5.86. The second kappa shape index (κ2) is 6.68. The number of hydrogen-bond donors (Lipinski definition) is 3. The Morgan fingerprint density at radius 1 is 1.08 bits per heavy atom. The standard InChI is InChI=1S/C19H19N3O3/c1-11-15-5-3-4-6-16(15)25-17(11)18(23)21-12(2)13-7-9-14(10-8-13)22-19(20)24/h3-10,12H,1-2H3,(H,21,23)(H3,20,22,24). The van der Waals surface area contributed by atoms with E-state index in [1.54, 1.807) is 12.1 Å². The van der Waals surface area contributed by atoms with E-state index in [1.165, 1.54) is 0 Å². The van der Waals surface area contributed by atoms with Gasteiger partial charge >= 0.3 is 6.03 Å². The Morgan fingerprint density at radius 3 is 2.40 bits per heavy atom. The Hall–Kier alpha value is -3.28. The molecule has 25 heavy (non-hydrogen) atoms. The molecule has 0 saturated carbocycles. The molecule has 3 rings (SSSR count). The zero-order valence-corrected chi connectivity index (χ0v) is 14.0. The molecule has 1 unspecified atom stereocenters. The molecule has 1 atom stereocenters. The van der Waals surface area contributed by atoms with Gasteiger partial charge in [0, 0.05) is 16.6 Å². The van der Waals surface area contributed by atoms with Crippen molar-refractivity contribution in [1.82, 2.24) is 5.32 Å². The molecule has 0 aliphatic carbocycles. The highest BCUT2D eigenvalue weighted by Crippen LogP contribution is 2.25. The molecule has 0 bridgehead atoms. The van der Waals surface area contributed by atoms with Crippen molar-refractivity contribution in [3.05, 3.63) is 65.4 Å². The molecule has 6 nitrogen and oxygen atoms in total. The molecule has 4 N–H and O–H groups in total. The van der Waals surface area contributed by atoms with E-state index < -0.39 is 6.03 Å². The van der Waals surface area contributed by atoms with Crippen molar-refractivity contribution in [1.29, 1.82) is 0 Å². The number of carbonyl (C=O) groups is 2. The number of furan rings is 1. The van der Waals surface area contributed by atoms with Crippen molar-refractivity contribution < 1.29 is 14.0 Å². The average molecular weight is 337 g/mol. The zero-order chi connectivity index (χ0) is 18.0. The molecule has 0 saturated heterocycles. The number of aryl methyl sites for hydroxylation is 1. The number of primary amides is 1. The van der Waals surface area contributed by atoms with Crippen LogP contribution in [0.5, 0.6) is 0 Å². The smallest absolute Gasteiger partial charge is 0.316 e. The summed E-state index contributed by atoms with van der Waals surface area (Å²) in [7, 11) is 0. The SMILES string of the molecule is Cc1c(C(=O)NC(C)c2ccc(NC(N)=O)cc2)oc2ccccc12. The minimum absolute atomic E-state index is 0.220. The summed E-state index contributed by atoms with van der Waals surface area (Å²) in [6.07, 6.45) is 0. The molecule has 6 heteroatoms. The normalized spacial score (nSPS) is 11.9. The van der Waals surface area contributed by atoms with Crippen LogP contribution < -0.4 is 16.4 Å². The van der Waals surface area contributed by atoms with Gasteiger partial charge in [-0.25, -0.2) is 4.79 Å². The van der Waals surface area contributed by atoms with Gasteiger partial charge in [0.1, 0.15) is 5.58 Å². The number of nitrogens with two attached hydrogens (primary N) is 1. The molecule has 3 amide bonds. The van der Waals surface area contributed by atoms with Gasteiger partial charge in [0.15, 0.2) is 5.76 Å². The maximum Gasteiger partial charge on any atom is 0.316 e. The Bertz CT molecular complexity index is 929. The Morgan fingerprint density at radius 2 is 1.76 bits per heavy atom. The molecular weight excluding hydrogens is 318 g/mol. The van der Waals surface area contributed by atoms with Crippen LogP contribution >= 0.6 is 0 Å². The number of para-hydroxylation sites is 1. The molecule has 0 aliphatic rings. The third-order valence-electron chi connectivity index (χ3n) is 4.08. The summed E-state index contributed by atoms with van der Waals surface area (Å²) >= 11 is 0. The molecule has 0 fully saturated rings. The van der Waals surface area contributed by atoms with E-state index in [0.717, 1.165) is 16.5 Å². The molecule has 1 aromatic heterocycles. The van der Waals surface area contributed by atoms with Crippen LogP contribution in [0.25, 0.3) is 11.0 Å². The number of amides is 3. The minimum Gasteiger partial charge on any atom is -0.451 e. The number of nitrogens with one attached hydrogen (secondary N) is 2. The first-order valence-corrected chi connectivity index (χ1v) is 7.91. The van der Waals surface area contributed by atoms with Gasteiger partial charge in [-0.1, -0.05) is 30.3 Å². The first-order chi connectivity index (χ1) is 12.0. The van der Waals surface area contributed by atoms with E-state index >= 15 is 0 Å². The molecule has 0 aliphatic heterocycles. The van der Waals surface area contributed by atoms with Crippen LogP contribution in [0.4, 0.5) is 10.5 Å². The maximum absolute atomic E-state index is 12.6. The summed E-state index contributed by atoms with van der Waals surface area (Å²) < 4.78 is 5.69. The Balaban J connectivity index is 1.75. The van der Waals surface area contributed by atoms with Gasteiger partial charge in [0.05, 0.1) is 6.04 Å². The largest absolute Gasteiger partial charge is 0.451 e. The fourth-order valence-corrected chi connectivity index (χ4v) is 2.73. The number of rotatable bonds is 4. The van der Waals surface area contributed by atoms with E-state index in [0.29, 0.717) is 17.0 Å². The van der Waals surface area contributed by atoms with Crippen molar-refractivity contribution >= 4 is 28.6 Å². The molecule has 3 aromatic rings. The Kier molecular flexibility index (Phi) is 4.43.